The van der Waals surface area contributed by atoms with E-state index in [4.69, 9.17) is 0 Å². The highest BCUT2D eigenvalue weighted by Crippen LogP contribution is 2.41. The number of hydrogen-bond donors (Lipinski definition) is 0. The molecule has 3 aromatic rings. The van der Waals surface area contributed by atoms with Gasteiger partial charge in [-0.25, -0.2) is 0 Å². The highest BCUT2D eigenvalue weighted by Gasteiger charge is 2.44. The lowest BCUT2D eigenvalue weighted by molar-refractivity contribution is 0.0825. The lowest BCUT2D eigenvalue weighted by Gasteiger charge is -2.25. The number of carbonyl (C=O) groups excluding carboxylic acids is 2. The smallest absolute Gasteiger partial charge is 0.175 e. The zero-order chi connectivity index (χ0) is 18.3. The van der Waals surface area contributed by atoms with E-state index in [2.05, 4.69) is 18.2 Å². The summed E-state index contributed by atoms with van der Waals surface area (Å²) in [6, 6.07) is 23.3. The first-order valence-electron chi connectivity index (χ1n) is 8.87. The molecule has 0 saturated carbocycles. The average Bonchev–Trinajstić information content (AvgIpc) is 2.91. The second-order valence-electron chi connectivity index (χ2n) is 7.00. The van der Waals surface area contributed by atoms with Gasteiger partial charge in [0.2, 0.25) is 0 Å². The van der Waals surface area contributed by atoms with E-state index in [1.807, 2.05) is 56.3 Å². The fraction of sp³-hybridized carbons (Fsp3) is 0.167. The van der Waals surface area contributed by atoms with Crippen LogP contribution in [0.4, 0.5) is 0 Å². The van der Waals surface area contributed by atoms with Crippen LogP contribution in [0.3, 0.4) is 0 Å². The van der Waals surface area contributed by atoms with Gasteiger partial charge >= 0.3 is 0 Å². The Morgan fingerprint density at radius 2 is 1.31 bits per heavy atom. The minimum Gasteiger partial charge on any atom is -0.293 e. The Kier molecular flexibility index (Phi) is 4.04. The molecule has 0 N–H and O–H groups in total. The van der Waals surface area contributed by atoms with Crippen LogP contribution in [0.5, 0.6) is 0 Å². The van der Waals surface area contributed by atoms with Crippen molar-refractivity contribution in [3.63, 3.8) is 0 Å². The molecule has 1 aliphatic carbocycles. The molecule has 0 heterocycles. The fourth-order valence-electron chi connectivity index (χ4n) is 3.98. The molecule has 0 amide bonds. The Hall–Kier alpha value is -3.00. The van der Waals surface area contributed by atoms with Crippen molar-refractivity contribution in [1.29, 1.82) is 0 Å². The number of carbonyl (C=O) groups is 2. The Morgan fingerprint density at radius 3 is 1.92 bits per heavy atom. The molecule has 3 aromatic carbocycles. The molecule has 0 bridgehead atoms. The monoisotopic (exact) mass is 340 g/mol. The van der Waals surface area contributed by atoms with Crippen LogP contribution in [-0.4, -0.2) is 11.6 Å². The summed E-state index contributed by atoms with van der Waals surface area (Å²) in [7, 11) is 0. The van der Waals surface area contributed by atoms with Gasteiger partial charge in [0.25, 0.3) is 0 Å². The molecule has 0 aromatic heterocycles. The molecule has 4 rings (SSSR count). The topological polar surface area (TPSA) is 34.1 Å². The lowest BCUT2D eigenvalue weighted by atomic mass is 9.76. The number of benzene rings is 3. The van der Waals surface area contributed by atoms with Crippen LogP contribution < -0.4 is 0 Å². The zero-order valence-electron chi connectivity index (χ0n) is 14.9. The SMILES string of the molecule is Cc1ccc(C)c([C@H](c2ccccc2)C2C(=O)c3ccccc3C2=O)c1. The van der Waals surface area contributed by atoms with Gasteiger partial charge < -0.3 is 0 Å². The van der Waals surface area contributed by atoms with Crippen molar-refractivity contribution < 1.29 is 9.59 Å². The minimum absolute atomic E-state index is 0.0691. The largest absolute Gasteiger partial charge is 0.293 e. The number of fused-ring (bicyclic) bond motifs is 1. The van der Waals surface area contributed by atoms with Gasteiger partial charge in [-0.15, -0.1) is 0 Å². The third-order valence-corrected chi connectivity index (χ3v) is 5.28. The highest BCUT2D eigenvalue weighted by molar-refractivity contribution is 6.27. The first-order valence-corrected chi connectivity index (χ1v) is 8.87. The molecule has 0 aliphatic heterocycles. The molecule has 1 aliphatic rings. The third-order valence-electron chi connectivity index (χ3n) is 5.28. The Bertz CT molecular complexity index is 967. The van der Waals surface area contributed by atoms with Crippen LogP contribution in [0.15, 0.2) is 72.8 Å². The third kappa shape index (κ3) is 2.59. The standard InChI is InChI=1S/C24H20O2/c1-15-12-13-16(2)20(14-15)21(17-8-4-3-5-9-17)22-23(25)18-10-6-7-11-19(18)24(22)26/h3-14,21-22H,1-2H3/t21-/m0/s1. The maximum absolute atomic E-state index is 13.2. The van der Waals surface area contributed by atoms with Crippen molar-refractivity contribution in [2.24, 2.45) is 5.92 Å². The summed E-state index contributed by atoms with van der Waals surface area (Å²) in [6.45, 7) is 4.08. The van der Waals surface area contributed by atoms with E-state index in [-0.39, 0.29) is 17.5 Å². The van der Waals surface area contributed by atoms with Crippen molar-refractivity contribution in [1.82, 2.24) is 0 Å². The van der Waals surface area contributed by atoms with Gasteiger partial charge in [-0.05, 0) is 30.5 Å². The van der Waals surface area contributed by atoms with E-state index >= 15 is 0 Å². The number of rotatable bonds is 3. The Labute approximate surface area is 153 Å². The van der Waals surface area contributed by atoms with Gasteiger partial charge in [-0.1, -0.05) is 78.4 Å². The minimum atomic E-state index is -0.699. The number of Topliss-reactive ketones (excluding diaryl/α,β-unsaturated/α-hetero) is 2. The van der Waals surface area contributed by atoms with Gasteiger partial charge in [-0.3, -0.25) is 9.59 Å². The van der Waals surface area contributed by atoms with Gasteiger partial charge in [0.15, 0.2) is 11.6 Å². The molecule has 128 valence electrons. The van der Waals surface area contributed by atoms with Crippen LogP contribution in [0.2, 0.25) is 0 Å². The van der Waals surface area contributed by atoms with Crippen molar-refractivity contribution in [2.75, 3.05) is 0 Å². The molecule has 2 nitrogen and oxygen atoms in total. The van der Waals surface area contributed by atoms with Crippen molar-refractivity contribution in [3.05, 3.63) is 106 Å². The van der Waals surface area contributed by atoms with Crippen LogP contribution >= 0.6 is 0 Å². The van der Waals surface area contributed by atoms with Crippen LogP contribution in [0.25, 0.3) is 0 Å². The highest BCUT2D eigenvalue weighted by atomic mass is 16.2. The van der Waals surface area contributed by atoms with Crippen molar-refractivity contribution >= 4 is 11.6 Å². The normalized spacial score (nSPS) is 15.2. The van der Waals surface area contributed by atoms with E-state index < -0.39 is 5.92 Å². The fourth-order valence-corrected chi connectivity index (χ4v) is 3.98. The number of aryl methyl sites for hydroxylation is 2. The first-order chi connectivity index (χ1) is 12.6. The van der Waals surface area contributed by atoms with Crippen LogP contribution in [0.1, 0.15) is 48.9 Å². The summed E-state index contributed by atoms with van der Waals surface area (Å²) in [5.74, 6) is -1.11. The van der Waals surface area contributed by atoms with E-state index in [9.17, 15) is 9.59 Å². The van der Waals surface area contributed by atoms with Gasteiger partial charge in [-0.2, -0.15) is 0 Å². The quantitative estimate of drug-likeness (QED) is 0.619. The summed E-state index contributed by atoms with van der Waals surface area (Å²) >= 11 is 0. The van der Waals surface area contributed by atoms with E-state index in [0.717, 1.165) is 22.3 Å². The Morgan fingerprint density at radius 1 is 0.731 bits per heavy atom. The maximum Gasteiger partial charge on any atom is 0.175 e. The summed E-state index contributed by atoms with van der Waals surface area (Å²) in [5, 5.41) is 0. The average molecular weight is 340 g/mol. The molecule has 2 heteroatoms. The van der Waals surface area contributed by atoms with Crippen molar-refractivity contribution in [2.45, 2.75) is 19.8 Å². The molecule has 26 heavy (non-hydrogen) atoms. The number of ketones is 2. The summed E-state index contributed by atoms with van der Waals surface area (Å²) in [4.78, 5) is 26.3. The van der Waals surface area contributed by atoms with Gasteiger partial charge in [0.05, 0.1) is 5.92 Å². The molecule has 0 fully saturated rings. The molecule has 0 saturated heterocycles. The molecule has 0 radical (unpaired) electrons. The molecule has 0 spiro atoms. The van der Waals surface area contributed by atoms with E-state index in [1.165, 1.54) is 0 Å². The predicted octanol–water partition coefficient (Wildman–Crippen LogP) is 5.13. The van der Waals surface area contributed by atoms with Crippen LogP contribution in [0, 0.1) is 19.8 Å². The van der Waals surface area contributed by atoms with Crippen LogP contribution in [-0.2, 0) is 0 Å². The molecular formula is C24H20O2. The Balaban J connectivity index is 1.92. The second-order valence-corrected chi connectivity index (χ2v) is 7.00. The van der Waals surface area contributed by atoms with Gasteiger partial charge in [0, 0.05) is 17.0 Å². The van der Waals surface area contributed by atoms with E-state index in [0.29, 0.717) is 11.1 Å². The molecule has 1 atom stereocenters. The zero-order valence-corrected chi connectivity index (χ0v) is 14.9. The summed E-state index contributed by atoms with van der Waals surface area (Å²) < 4.78 is 0. The van der Waals surface area contributed by atoms with Crippen molar-refractivity contribution in [3.8, 4) is 0 Å². The predicted molar refractivity (Wildman–Crippen MR) is 103 cm³/mol. The summed E-state index contributed by atoms with van der Waals surface area (Å²) in [6.07, 6.45) is 0. The molecular weight excluding hydrogens is 320 g/mol. The maximum atomic E-state index is 13.2. The lowest BCUT2D eigenvalue weighted by Crippen LogP contribution is -2.25. The second kappa shape index (κ2) is 6.38. The summed E-state index contributed by atoms with van der Waals surface area (Å²) in [5.41, 5.74) is 5.38. The van der Waals surface area contributed by atoms with Gasteiger partial charge in [0.1, 0.15) is 0 Å². The number of hydrogen-bond acceptors (Lipinski definition) is 2. The molecule has 0 unspecified atom stereocenters. The first kappa shape index (κ1) is 16.5. The van der Waals surface area contributed by atoms with E-state index in [1.54, 1.807) is 12.1 Å².